The third-order valence-corrected chi connectivity index (χ3v) is 3.89. The van der Waals surface area contributed by atoms with E-state index in [1.54, 1.807) is 0 Å². The van der Waals surface area contributed by atoms with Crippen LogP contribution in [0.3, 0.4) is 0 Å². The Balaban J connectivity index is 2.10. The first-order valence-corrected chi connectivity index (χ1v) is 6.44. The first-order valence-electron chi connectivity index (χ1n) is 5.68. The lowest BCUT2D eigenvalue weighted by molar-refractivity contribution is 1.16. The smallest absolute Gasteiger partial charge is 0.156 e. The molecule has 0 amide bonds. The molecule has 88 valence electrons. The number of halogens is 2. The Bertz CT molecular complexity index is 790. The van der Waals surface area contributed by atoms with Gasteiger partial charge in [0.1, 0.15) is 0 Å². The molecule has 0 spiro atoms. The molecule has 4 rings (SSSR count). The molecule has 18 heavy (non-hydrogen) atoms. The summed E-state index contributed by atoms with van der Waals surface area (Å²) in [4.78, 5) is 4.63. The van der Waals surface area contributed by atoms with Crippen molar-refractivity contribution >= 4 is 28.8 Å². The molecule has 0 aliphatic heterocycles. The first kappa shape index (κ1) is 10.4. The molecule has 0 saturated heterocycles. The van der Waals surface area contributed by atoms with Gasteiger partial charge < -0.3 is 0 Å². The molecule has 0 atom stereocenters. The third-order valence-electron chi connectivity index (χ3n) is 3.35. The van der Waals surface area contributed by atoms with E-state index < -0.39 is 0 Å². The van der Waals surface area contributed by atoms with Crippen LogP contribution < -0.4 is 0 Å². The van der Waals surface area contributed by atoms with Crippen LogP contribution in [-0.2, 0) is 6.42 Å². The molecular formula is C14H8Cl2N2. The topological polar surface area (TPSA) is 17.3 Å². The van der Waals surface area contributed by atoms with E-state index >= 15 is 0 Å². The quantitative estimate of drug-likeness (QED) is 0.470. The highest BCUT2D eigenvalue weighted by Gasteiger charge is 2.24. The summed E-state index contributed by atoms with van der Waals surface area (Å²) in [6.45, 7) is 0. The lowest BCUT2D eigenvalue weighted by atomic mass is 10.1. The van der Waals surface area contributed by atoms with E-state index in [9.17, 15) is 0 Å². The molecule has 0 bridgehead atoms. The summed E-state index contributed by atoms with van der Waals surface area (Å²) in [6.07, 6.45) is 2.82. The van der Waals surface area contributed by atoms with Crippen LogP contribution in [0.5, 0.6) is 0 Å². The number of imidazole rings is 1. The Morgan fingerprint density at radius 1 is 1.17 bits per heavy atom. The predicted octanol–water partition coefficient (Wildman–Crippen LogP) is 4.21. The van der Waals surface area contributed by atoms with Gasteiger partial charge >= 0.3 is 0 Å². The minimum absolute atomic E-state index is 0.683. The van der Waals surface area contributed by atoms with Crippen molar-refractivity contribution in [3.63, 3.8) is 0 Å². The van der Waals surface area contributed by atoms with Gasteiger partial charge in [0.05, 0.1) is 16.4 Å². The van der Waals surface area contributed by atoms with Gasteiger partial charge in [0.2, 0.25) is 0 Å². The zero-order valence-electron chi connectivity index (χ0n) is 9.32. The number of hydrogen-bond acceptors (Lipinski definition) is 1. The molecule has 4 heteroatoms. The molecule has 2 aromatic heterocycles. The highest BCUT2D eigenvalue weighted by molar-refractivity contribution is 6.33. The van der Waals surface area contributed by atoms with Crippen molar-refractivity contribution in [2.24, 2.45) is 0 Å². The second-order valence-electron chi connectivity index (χ2n) is 4.44. The summed E-state index contributed by atoms with van der Waals surface area (Å²) in [6, 6.07) is 9.78. The van der Waals surface area contributed by atoms with E-state index in [0.717, 1.165) is 28.5 Å². The average molecular weight is 275 g/mol. The van der Waals surface area contributed by atoms with Gasteiger partial charge in [-0.25, -0.2) is 4.98 Å². The van der Waals surface area contributed by atoms with Crippen LogP contribution in [-0.4, -0.2) is 9.38 Å². The summed E-state index contributed by atoms with van der Waals surface area (Å²) in [7, 11) is 0. The van der Waals surface area contributed by atoms with Gasteiger partial charge in [-0.1, -0.05) is 29.3 Å². The molecule has 0 fully saturated rings. The lowest BCUT2D eigenvalue weighted by Crippen LogP contribution is -1.89. The predicted molar refractivity (Wildman–Crippen MR) is 73.5 cm³/mol. The average Bonchev–Trinajstić information content (AvgIpc) is 2.85. The van der Waals surface area contributed by atoms with Crippen LogP contribution in [0.4, 0.5) is 0 Å². The summed E-state index contributed by atoms with van der Waals surface area (Å²) in [5.74, 6) is 0. The Hall–Kier alpha value is -1.51. The van der Waals surface area contributed by atoms with E-state index in [2.05, 4.69) is 15.5 Å². The van der Waals surface area contributed by atoms with Gasteiger partial charge in [-0.2, -0.15) is 0 Å². The van der Waals surface area contributed by atoms with Crippen LogP contribution in [0.2, 0.25) is 10.0 Å². The van der Waals surface area contributed by atoms with Crippen LogP contribution in [0.1, 0.15) is 11.3 Å². The third kappa shape index (κ3) is 1.27. The van der Waals surface area contributed by atoms with Gasteiger partial charge in [-0.15, -0.1) is 0 Å². The van der Waals surface area contributed by atoms with E-state index in [0.29, 0.717) is 5.02 Å². The zero-order valence-corrected chi connectivity index (χ0v) is 10.8. The molecule has 0 N–H and O–H groups in total. The molecule has 0 radical (unpaired) electrons. The largest absolute Gasteiger partial charge is 0.298 e. The molecule has 1 aliphatic carbocycles. The number of fused-ring (bicyclic) bond motifs is 5. The zero-order chi connectivity index (χ0) is 12.3. The van der Waals surface area contributed by atoms with Crippen molar-refractivity contribution in [2.75, 3.05) is 0 Å². The standard InChI is InChI=1S/C14H8Cl2N2/c15-9-3-4-10-8(6-9)7-12-13(10)18-5-1-2-11(16)14(18)17-12/h1-6H,7H2. The van der Waals surface area contributed by atoms with E-state index in [1.807, 2.05) is 30.5 Å². The van der Waals surface area contributed by atoms with Crippen LogP contribution in [0.25, 0.3) is 16.9 Å². The summed E-state index contributed by atoms with van der Waals surface area (Å²) >= 11 is 12.2. The van der Waals surface area contributed by atoms with E-state index in [1.165, 1.54) is 11.1 Å². The maximum atomic E-state index is 6.17. The molecule has 2 nitrogen and oxygen atoms in total. The normalized spacial score (nSPS) is 12.8. The van der Waals surface area contributed by atoms with Gasteiger partial charge in [0.25, 0.3) is 0 Å². The number of pyridine rings is 1. The molecule has 3 aromatic rings. The number of benzene rings is 1. The minimum Gasteiger partial charge on any atom is -0.298 e. The fourth-order valence-corrected chi connectivity index (χ4v) is 3.01. The SMILES string of the molecule is Clc1ccc2c(c1)Cc1nc3c(Cl)cccn3c1-2. The van der Waals surface area contributed by atoms with Crippen molar-refractivity contribution in [3.8, 4) is 11.3 Å². The molecular weight excluding hydrogens is 267 g/mol. The summed E-state index contributed by atoms with van der Waals surface area (Å²) < 4.78 is 2.05. The van der Waals surface area contributed by atoms with Crippen LogP contribution >= 0.6 is 23.2 Å². The van der Waals surface area contributed by atoms with Crippen molar-refractivity contribution in [1.29, 1.82) is 0 Å². The minimum atomic E-state index is 0.683. The molecule has 1 aromatic carbocycles. The van der Waals surface area contributed by atoms with Crippen molar-refractivity contribution < 1.29 is 0 Å². The van der Waals surface area contributed by atoms with Crippen LogP contribution in [0, 0.1) is 0 Å². The van der Waals surface area contributed by atoms with Gasteiger partial charge in [-0.05, 0) is 29.8 Å². The Morgan fingerprint density at radius 2 is 2.06 bits per heavy atom. The van der Waals surface area contributed by atoms with E-state index in [4.69, 9.17) is 23.2 Å². The fourth-order valence-electron chi connectivity index (χ4n) is 2.61. The second kappa shape index (κ2) is 3.50. The van der Waals surface area contributed by atoms with E-state index in [-0.39, 0.29) is 0 Å². The molecule has 0 saturated carbocycles. The Kier molecular flexibility index (Phi) is 2.02. The first-order chi connectivity index (χ1) is 8.74. The Labute approximate surface area is 114 Å². The molecule has 1 aliphatic rings. The highest BCUT2D eigenvalue weighted by atomic mass is 35.5. The number of rotatable bonds is 0. The number of hydrogen-bond donors (Lipinski definition) is 0. The summed E-state index contributed by atoms with van der Waals surface area (Å²) in [5.41, 5.74) is 5.46. The number of aromatic nitrogens is 2. The monoisotopic (exact) mass is 274 g/mol. The molecule has 2 heterocycles. The van der Waals surface area contributed by atoms with Gasteiger partial charge in [-0.3, -0.25) is 4.40 Å². The van der Waals surface area contributed by atoms with Crippen LogP contribution in [0.15, 0.2) is 36.5 Å². The maximum Gasteiger partial charge on any atom is 0.156 e. The highest BCUT2D eigenvalue weighted by Crippen LogP contribution is 2.38. The maximum absolute atomic E-state index is 6.17. The van der Waals surface area contributed by atoms with Crippen molar-refractivity contribution in [1.82, 2.24) is 9.38 Å². The van der Waals surface area contributed by atoms with Gasteiger partial charge in [0, 0.05) is 23.2 Å². The van der Waals surface area contributed by atoms with Gasteiger partial charge in [0.15, 0.2) is 5.65 Å². The molecule has 0 unspecified atom stereocenters. The fraction of sp³-hybridized carbons (Fsp3) is 0.0714. The number of nitrogens with zero attached hydrogens (tertiary/aromatic N) is 2. The van der Waals surface area contributed by atoms with Crippen molar-refractivity contribution in [3.05, 3.63) is 57.8 Å². The summed E-state index contributed by atoms with van der Waals surface area (Å²) in [5, 5.41) is 1.45. The van der Waals surface area contributed by atoms with Crippen molar-refractivity contribution in [2.45, 2.75) is 6.42 Å². The lowest BCUT2D eigenvalue weighted by Gasteiger charge is -2.03. The second-order valence-corrected chi connectivity index (χ2v) is 5.28. The Morgan fingerprint density at radius 3 is 2.94 bits per heavy atom.